The highest BCUT2D eigenvalue weighted by Crippen LogP contribution is 2.31. The smallest absolute Gasteiger partial charge is 0.238 e. The van der Waals surface area contributed by atoms with E-state index in [0.717, 1.165) is 12.1 Å². The van der Waals surface area contributed by atoms with Crippen LogP contribution >= 0.6 is 0 Å². The van der Waals surface area contributed by atoms with Gasteiger partial charge in [0.15, 0.2) is 17.3 Å². The molecule has 0 spiro atoms. The molecular weight excluding hydrogens is 290 g/mol. The molecule has 0 unspecified atom stereocenters. The number of nitrogen functional groups attached to an aromatic ring is 1. The SMILES string of the molecule is Nc1ccc(S(N)(=O)=O)cc1Oc1cccc(F)c1F. The molecule has 2 aromatic carbocycles. The van der Waals surface area contributed by atoms with Crippen molar-refractivity contribution in [1.82, 2.24) is 0 Å². The molecule has 0 atom stereocenters. The van der Waals surface area contributed by atoms with Crippen LogP contribution in [0.4, 0.5) is 14.5 Å². The molecule has 0 aliphatic rings. The van der Waals surface area contributed by atoms with Gasteiger partial charge in [-0.3, -0.25) is 0 Å². The summed E-state index contributed by atoms with van der Waals surface area (Å²) in [5.74, 6) is -2.85. The van der Waals surface area contributed by atoms with Gasteiger partial charge < -0.3 is 10.5 Å². The van der Waals surface area contributed by atoms with Gasteiger partial charge in [-0.25, -0.2) is 17.9 Å². The topological polar surface area (TPSA) is 95.4 Å². The predicted molar refractivity (Wildman–Crippen MR) is 68.7 cm³/mol. The normalized spacial score (nSPS) is 11.3. The summed E-state index contributed by atoms with van der Waals surface area (Å²) in [6.45, 7) is 0. The second kappa shape index (κ2) is 5.06. The van der Waals surface area contributed by atoms with Gasteiger partial charge in [0.1, 0.15) is 0 Å². The van der Waals surface area contributed by atoms with Crippen LogP contribution in [0.3, 0.4) is 0 Å². The van der Waals surface area contributed by atoms with E-state index in [-0.39, 0.29) is 16.3 Å². The van der Waals surface area contributed by atoms with Gasteiger partial charge in [0, 0.05) is 6.07 Å². The van der Waals surface area contributed by atoms with Crippen LogP contribution in [0.2, 0.25) is 0 Å². The first-order valence-electron chi connectivity index (χ1n) is 5.33. The molecule has 8 heteroatoms. The van der Waals surface area contributed by atoms with Crippen LogP contribution in [0.25, 0.3) is 0 Å². The number of hydrogen-bond acceptors (Lipinski definition) is 4. The molecule has 0 saturated heterocycles. The first kappa shape index (κ1) is 14.2. The Kier molecular flexibility index (Phi) is 3.60. The quantitative estimate of drug-likeness (QED) is 0.847. The zero-order valence-electron chi connectivity index (χ0n) is 10.0. The van der Waals surface area contributed by atoms with Crippen LogP contribution in [0.1, 0.15) is 0 Å². The molecule has 20 heavy (non-hydrogen) atoms. The minimum absolute atomic E-state index is 0.0565. The van der Waals surface area contributed by atoms with Gasteiger partial charge in [-0.1, -0.05) is 6.07 Å². The van der Waals surface area contributed by atoms with E-state index in [1.807, 2.05) is 0 Å². The number of halogens is 2. The third-order valence-electron chi connectivity index (χ3n) is 2.45. The summed E-state index contributed by atoms with van der Waals surface area (Å²) in [6.07, 6.45) is 0. The van der Waals surface area contributed by atoms with E-state index in [1.165, 1.54) is 24.3 Å². The van der Waals surface area contributed by atoms with Gasteiger partial charge in [-0.15, -0.1) is 0 Å². The molecule has 0 bridgehead atoms. The van der Waals surface area contributed by atoms with E-state index in [1.54, 1.807) is 0 Å². The molecular formula is C12H10F2N2O3S. The van der Waals surface area contributed by atoms with Crippen molar-refractivity contribution >= 4 is 15.7 Å². The number of benzene rings is 2. The molecule has 0 heterocycles. The fourth-order valence-corrected chi connectivity index (χ4v) is 1.99. The first-order chi connectivity index (χ1) is 9.29. The average molecular weight is 300 g/mol. The Morgan fingerprint density at radius 2 is 1.75 bits per heavy atom. The lowest BCUT2D eigenvalue weighted by Crippen LogP contribution is -2.12. The van der Waals surface area contributed by atoms with Gasteiger partial charge in [-0.05, 0) is 24.3 Å². The number of anilines is 1. The highest BCUT2D eigenvalue weighted by Gasteiger charge is 2.14. The van der Waals surface area contributed by atoms with E-state index in [4.69, 9.17) is 15.6 Å². The first-order valence-corrected chi connectivity index (χ1v) is 6.88. The Morgan fingerprint density at radius 3 is 2.40 bits per heavy atom. The van der Waals surface area contributed by atoms with Crippen molar-refractivity contribution in [2.45, 2.75) is 4.90 Å². The molecule has 0 radical (unpaired) electrons. The van der Waals surface area contributed by atoms with E-state index in [0.29, 0.717) is 0 Å². The third-order valence-corrected chi connectivity index (χ3v) is 3.36. The van der Waals surface area contributed by atoms with Crippen LogP contribution in [-0.4, -0.2) is 8.42 Å². The minimum atomic E-state index is -3.96. The second-order valence-corrected chi connectivity index (χ2v) is 5.46. The fourth-order valence-electron chi connectivity index (χ4n) is 1.46. The zero-order valence-corrected chi connectivity index (χ0v) is 10.8. The molecule has 5 nitrogen and oxygen atoms in total. The van der Waals surface area contributed by atoms with Crippen molar-refractivity contribution < 1.29 is 21.9 Å². The number of sulfonamides is 1. The van der Waals surface area contributed by atoms with Crippen molar-refractivity contribution in [1.29, 1.82) is 0 Å². The van der Waals surface area contributed by atoms with Crippen LogP contribution in [0, 0.1) is 11.6 Å². The maximum Gasteiger partial charge on any atom is 0.238 e. The molecule has 0 aliphatic heterocycles. The zero-order chi connectivity index (χ0) is 14.9. The van der Waals surface area contributed by atoms with Crippen molar-refractivity contribution in [3.05, 3.63) is 48.0 Å². The summed E-state index contributed by atoms with van der Waals surface area (Å²) in [4.78, 5) is -0.251. The maximum atomic E-state index is 13.5. The number of ether oxygens (including phenoxy) is 1. The van der Waals surface area contributed by atoms with Crippen LogP contribution in [0.15, 0.2) is 41.3 Å². The van der Waals surface area contributed by atoms with Crippen LogP contribution < -0.4 is 15.6 Å². The third kappa shape index (κ3) is 2.86. The van der Waals surface area contributed by atoms with Crippen molar-refractivity contribution in [2.24, 2.45) is 5.14 Å². The number of rotatable bonds is 3. The standard InChI is InChI=1S/C12H10F2N2O3S/c13-8-2-1-3-10(12(8)14)19-11-6-7(20(16,17)18)4-5-9(11)15/h1-6H,15H2,(H2,16,17,18). The summed E-state index contributed by atoms with van der Waals surface area (Å²) in [5.41, 5.74) is 5.65. The average Bonchev–Trinajstić information content (AvgIpc) is 2.36. The summed E-state index contributed by atoms with van der Waals surface area (Å²) in [7, 11) is -3.96. The lowest BCUT2D eigenvalue weighted by Gasteiger charge is -2.10. The van der Waals surface area contributed by atoms with Gasteiger partial charge in [0.2, 0.25) is 15.8 Å². The molecule has 4 N–H and O–H groups in total. The molecule has 0 aliphatic carbocycles. The van der Waals surface area contributed by atoms with Gasteiger partial charge in [0.05, 0.1) is 10.6 Å². The number of hydrogen-bond donors (Lipinski definition) is 2. The molecule has 106 valence electrons. The van der Waals surface area contributed by atoms with Gasteiger partial charge in [0.25, 0.3) is 0 Å². The van der Waals surface area contributed by atoms with Crippen LogP contribution in [-0.2, 0) is 10.0 Å². The lowest BCUT2D eigenvalue weighted by molar-refractivity contribution is 0.416. The lowest BCUT2D eigenvalue weighted by atomic mass is 10.3. The Hall–Kier alpha value is -2.19. The largest absolute Gasteiger partial charge is 0.452 e. The minimum Gasteiger partial charge on any atom is -0.452 e. The Morgan fingerprint density at radius 1 is 1.05 bits per heavy atom. The fraction of sp³-hybridized carbons (Fsp3) is 0. The summed E-state index contributed by atoms with van der Waals surface area (Å²) >= 11 is 0. The summed E-state index contributed by atoms with van der Waals surface area (Å²) < 4.78 is 54.0. The van der Waals surface area contributed by atoms with Crippen LogP contribution in [0.5, 0.6) is 11.5 Å². The maximum absolute atomic E-state index is 13.5. The Labute approximate surface area is 113 Å². The highest BCUT2D eigenvalue weighted by atomic mass is 32.2. The molecule has 2 rings (SSSR count). The molecule has 0 fully saturated rings. The predicted octanol–water partition coefficient (Wildman–Crippen LogP) is 1.99. The number of nitrogens with two attached hydrogens (primary N) is 2. The molecule has 0 amide bonds. The van der Waals surface area contributed by atoms with E-state index >= 15 is 0 Å². The van der Waals surface area contributed by atoms with E-state index in [9.17, 15) is 17.2 Å². The summed E-state index contributed by atoms with van der Waals surface area (Å²) in [6, 6.07) is 6.81. The molecule has 2 aromatic rings. The van der Waals surface area contributed by atoms with Gasteiger partial charge >= 0.3 is 0 Å². The molecule has 0 aromatic heterocycles. The van der Waals surface area contributed by atoms with Gasteiger partial charge in [-0.2, -0.15) is 4.39 Å². The number of primary sulfonamides is 1. The van der Waals surface area contributed by atoms with Crippen molar-refractivity contribution in [2.75, 3.05) is 5.73 Å². The van der Waals surface area contributed by atoms with Crippen molar-refractivity contribution in [3.8, 4) is 11.5 Å². The van der Waals surface area contributed by atoms with E-state index < -0.39 is 27.4 Å². The summed E-state index contributed by atoms with van der Waals surface area (Å²) in [5, 5.41) is 4.96. The van der Waals surface area contributed by atoms with Crippen molar-refractivity contribution in [3.63, 3.8) is 0 Å². The van der Waals surface area contributed by atoms with E-state index in [2.05, 4.69) is 0 Å². The molecule has 0 saturated carbocycles. The Balaban J connectivity index is 2.46. The Bertz CT molecular complexity index is 763. The monoisotopic (exact) mass is 300 g/mol. The second-order valence-electron chi connectivity index (χ2n) is 3.90. The highest BCUT2D eigenvalue weighted by molar-refractivity contribution is 7.89.